The van der Waals surface area contributed by atoms with Crippen molar-refractivity contribution in [2.24, 2.45) is 0 Å². The molecule has 21 heavy (non-hydrogen) atoms. The van der Waals surface area contributed by atoms with E-state index in [1.807, 2.05) is 24.3 Å². The van der Waals surface area contributed by atoms with E-state index in [9.17, 15) is 4.79 Å². The van der Waals surface area contributed by atoms with Gasteiger partial charge in [-0.25, -0.2) is 9.78 Å². The summed E-state index contributed by atoms with van der Waals surface area (Å²) in [6.45, 7) is 2.89. The molecule has 1 heterocycles. The summed E-state index contributed by atoms with van der Waals surface area (Å²) >= 11 is 1.40. The third kappa shape index (κ3) is 4.46. The van der Waals surface area contributed by atoms with Crippen LogP contribution in [0.25, 0.3) is 0 Å². The van der Waals surface area contributed by atoms with Gasteiger partial charge in [-0.1, -0.05) is 12.1 Å². The Morgan fingerprint density at radius 1 is 1.33 bits per heavy atom. The minimum Gasteiger partial charge on any atom is -0.497 e. The summed E-state index contributed by atoms with van der Waals surface area (Å²) in [5.41, 5.74) is 1.57. The number of hydrogen-bond acceptors (Lipinski definition) is 6. The van der Waals surface area contributed by atoms with Crippen LogP contribution in [0.1, 0.15) is 23.0 Å². The summed E-state index contributed by atoms with van der Waals surface area (Å²) in [6, 6.07) is 7.95. The standard InChI is InChI=1S/C15H18N2O3S/c1-3-20-14(18)13-10-21-15(17-13)16-9-8-11-4-6-12(19-2)7-5-11/h4-7,10H,3,8-9H2,1-2H3,(H,16,17). The van der Waals surface area contributed by atoms with Crippen LogP contribution in [0.2, 0.25) is 0 Å². The van der Waals surface area contributed by atoms with Gasteiger partial charge in [-0.15, -0.1) is 11.3 Å². The van der Waals surface area contributed by atoms with Gasteiger partial charge in [0.05, 0.1) is 13.7 Å². The molecule has 0 spiro atoms. The number of thiazole rings is 1. The van der Waals surface area contributed by atoms with E-state index in [-0.39, 0.29) is 5.97 Å². The Morgan fingerprint density at radius 3 is 2.76 bits per heavy atom. The molecule has 0 amide bonds. The van der Waals surface area contributed by atoms with Crippen LogP contribution in [-0.4, -0.2) is 31.2 Å². The predicted molar refractivity (Wildman–Crippen MR) is 83.3 cm³/mol. The van der Waals surface area contributed by atoms with Crippen molar-refractivity contribution in [1.82, 2.24) is 4.98 Å². The molecule has 0 atom stereocenters. The second-order valence-corrected chi connectivity index (χ2v) is 5.14. The number of benzene rings is 1. The molecule has 0 aliphatic rings. The fourth-order valence-corrected chi connectivity index (χ4v) is 2.47. The van der Waals surface area contributed by atoms with Crippen molar-refractivity contribution in [2.45, 2.75) is 13.3 Å². The first kappa shape index (κ1) is 15.3. The number of anilines is 1. The molecule has 0 fully saturated rings. The minimum atomic E-state index is -0.378. The molecule has 0 saturated carbocycles. The highest BCUT2D eigenvalue weighted by atomic mass is 32.1. The normalized spacial score (nSPS) is 10.2. The first-order chi connectivity index (χ1) is 10.2. The molecule has 0 saturated heterocycles. The van der Waals surface area contributed by atoms with Crippen LogP contribution in [-0.2, 0) is 11.2 Å². The van der Waals surface area contributed by atoms with Gasteiger partial charge in [0.2, 0.25) is 0 Å². The van der Waals surface area contributed by atoms with Gasteiger partial charge < -0.3 is 14.8 Å². The number of nitrogens with one attached hydrogen (secondary N) is 1. The summed E-state index contributed by atoms with van der Waals surface area (Å²) in [5, 5.41) is 5.64. The van der Waals surface area contributed by atoms with Crippen LogP contribution >= 0.6 is 11.3 Å². The van der Waals surface area contributed by atoms with Crippen molar-refractivity contribution in [3.8, 4) is 5.75 Å². The zero-order valence-corrected chi connectivity index (χ0v) is 12.9. The zero-order chi connectivity index (χ0) is 15.1. The van der Waals surface area contributed by atoms with Gasteiger partial charge in [0, 0.05) is 11.9 Å². The van der Waals surface area contributed by atoms with E-state index in [0.29, 0.717) is 12.3 Å². The zero-order valence-electron chi connectivity index (χ0n) is 12.1. The van der Waals surface area contributed by atoms with Crippen molar-refractivity contribution in [2.75, 3.05) is 25.6 Å². The van der Waals surface area contributed by atoms with Crippen LogP contribution in [0.4, 0.5) is 5.13 Å². The minimum absolute atomic E-state index is 0.355. The first-order valence-electron chi connectivity index (χ1n) is 6.72. The summed E-state index contributed by atoms with van der Waals surface area (Å²) in [4.78, 5) is 15.7. The third-order valence-electron chi connectivity index (χ3n) is 2.84. The van der Waals surface area contributed by atoms with Crippen molar-refractivity contribution in [3.05, 3.63) is 40.9 Å². The molecule has 0 unspecified atom stereocenters. The topological polar surface area (TPSA) is 60.5 Å². The van der Waals surface area contributed by atoms with Gasteiger partial charge in [0.15, 0.2) is 10.8 Å². The lowest BCUT2D eigenvalue weighted by molar-refractivity contribution is 0.0520. The first-order valence-corrected chi connectivity index (χ1v) is 7.60. The fourth-order valence-electron chi connectivity index (χ4n) is 1.76. The lowest BCUT2D eigenvalue weighted by Crippen LogP contribution is -2.07. The average Bonchev–Trinajstić information content (AvgIpc) is 2.97. The molecule has 6 heteroatoms. The van der Waals surface area contributed by atoms with Crippen LogP contribution in [0, 0.1) is 0 Å². The number of aromatic nitrogens is 1. The maximum absolute atomic E-state index is 11.5. The molecule has 2 aromatic rings. The Balaban J connectivity index is 1.81. The molecule has 2 rings (SSSR count). The Hall–Kier alpha value is -2.08. The average molecular weight is 306 g/mol. The Kier molecular flexibility index (Phi) is 5.57. The van der Waals surface area contributed by atoms with Gasteiger partial charge in [-0.05, 0) is 31.0 Å². The molecule has 112 valence electrons. The van der Waals surface area contributed by atoms with E-state index in [4.69, 9.17) is 9.47 Å². The van der Waals surface area contributed by atoms with Crippen LogP contribution in [0.15, 0.2) is 29.6 Å². The lowest BCUT2D eigenvalue weighted by atomic mass is 10.1. The van der Waals surface area contributed by atoms with E-state index >= 15 is 0 Å². The van der Waals surface area contributed by atoms with Crippen molar-refractivity contribution in [3.63, 3.8) is 0 Å². The smallest absolute Gasteiger partial charge is 0.357 e. The monoisotopic (exact) mass is 306 g/mol. The van der Waals surface area contributed by atoms with E-state index in [0.717, 1.165) is 23.8 Å². The van der Waals surface area contributed by atoms with Crippen molar-refractivity contribution in [1.29, 1.82) is 0 Å². The predicted octanol–water partition coefficient (Wildman–Crippen LogP) is 2.98. The van der Waals surface area contributed by atoms with E-state index < -0.39 is 0 Å². The molecule has 0 aliphatic heterocycles. The van der Waals surface area contributed by atoms with Gasteiger partial charge >= 0.3 is 5.97 Å². The highest BCUT2D eigenvalue weighted by Gasteiger charge is 2.10. The quantitative estimate of drug-likeness (QED) is 0.797. The molecule has 0 radical (unpaired) electrons. The third-order valence-corrected chi connectivity index (χ3v) is 3.64. The van der Waals surface area contributed by atoms with Crippen LogP contribution in [0.5, 0.6) is 5.75 Å². The highest BCUT2D eigenvalue weighted by molar-refractivity contribution is 7.13. The fraction of sp³-hybridized carbons (Fsp3) is 0.333. The van der Waals surface area contributed by atoms with E-state index in [2.05, 4.69) is 10.3 Å². The van der Waals surface area contributed by atoms with Gasteiger partial charge in [-0.3, -0.25) is 0 Å². The number of hydrogen-bond donors (Lipinski definition) is 1. The van der Waals surface area contributed by atoms with Gasteiger partial charge in [0.25, 0.3) is 0 Å². The van der Waals surface area contributed by atoms with Gasteiger partial charge in [-0.2, -0.15) is 0 Å². The maximum Gasteiger partial charge on any atom is 0.357 e. The summed E-state index contributed by atoms with van der Waals surface area (Å²) in [6.07, 6.45) is 0.873. The van der Waals surface area contributed by atoms with E-state index in [1.165, 1.54) is 16.9 Å². The SMILES string of the molecule is CCOC(=O)c1csc(NCCc2ccc(OC)cc2)n1. The molecule has 1 aromatic heterocycles. The van der Waals surface area contributed by atoms with E-state index in [1.54, 1.807) is 19.4 Å². The molecule has 0 bridgehead atoms. The maximum atomic E-state index is 11.5. The van der Waals surface area contributed by atoms with Crippen LogP contribution in [0.3, 0.4) is 0 Å². The van der Waals surface area contributed by atoms with Crippen molar-refractivity contribution >= 4 is 22.4 Å². The van der Waals surface area contributed by atoms with Crippen molar-refractivity contribution < 1.29 is 14.3 Å². The second kappa shape index (κ2) is 7.64. The lowest BCUT2D eigenvalue weighted by Gasteiger charge is -2.04. The largest absolute Gasteiger partial charge is 0.497 e. The Labute approximate surface area is 127 Å². The molecular weight excluding hydrogens is 288 g/mol. The number of nitrogens with zero attached hydrogens (tertiary/aromatic N) is 1. The molecule has 1 aromatic carbocycles. The number of carbonyl (C=O) groups is 1. The molecular formula is C15H18N2O3S. The summed E-state index contributed by atoms with van der Waals surface area (Å²) in [5.74, 6) is 0.475. The molecule has 1 N–H and O–H groups in total. The number of ether oxygens (including phenoxy) is 2. The van der Waals surface area contributed by atoms with Crippen LogP contribution < -0.4 is 10.1 Å². The molecule has 5 nitrogen and oxygen atoms in total. The number of rotatable bonds is 7. The Bertz CT molecular complexity index is 581. The number of methoxy groups -OCH3 is 1. The van der Waals surface area contributed by atoms with Gasteiger partial charge in [0.1, 0.15) is 5.75 Å². The summed E-state index contributed by atoms with van der Waals surface area (Å²) < 4.78 is 10.0. The molecule has 0 aliphatic carbocycles. The summed E-state index contributed by atoms with van der Waals surface area (Å²) in [7, 11) is 1.65. The number of carbonyl (C=O) groups excluding carboxylic acids is 1. The number of esters is 1. The second-order valence-electron chi connectivity index (χ2n) is 4.28. The highest BCUT2D eigenvalue weighted by Crippen LogP contribution is 2.16. The Morgan fingerprint density at radius 2 is 2.10 bits per heavy atom.